The number of rotatable bonds is 3. The zero-order valence-electron chi connectivity index (χ0n) is 8.62. The molecule has 78 valence electrons. The molecule has 14 heavy (non-hydrogen) atoms. The highest BCUT2D eigenvalue weighted by molar-refractivity contribution is 5.81. The van der Waals surface area contributed by atoms with E-state index in [0.717, 1.165) is 12.8 Å². The van der Waals surface area contributed by atoms with Crippen molar-refractivity contribution in [3.05, 3.63) is 0 Å². The number of nitriles is 1. The molecule has 0 aromatic rings. The van der Waals surface area contributed by atoms with Crippen molar-refractivity contribution in [1.29, 1.82) is 5.26 Å². The van der Waals surface area contributed by atoms with Crippen LogP contribution in [0.15, 0.2) is 0 Å². The minimum atomic E-state index is -0.314. The lowest BCUT2D eigenvalue weighted by atomic mass is 10.2. The van der Waals surface area contributed by atoms with Crippen molar-refractivity contribution < 1.29 is 9.53 Å². The lowest BCUT2D eigenvalue weighted by molar-refractivity contribution is -0.132. The second-order valence-electron chi connectivity index (χ2n) is 3.78. The van der Waals surface area contributed by atoms with Crippen LogP contribution in [-0.4, -0.2) is 24.2 Å². The van der Waals surface area contributed by atoms with Gasteiger partial charge in [-0.25, -0.2) is 0 Å². The van der Waals surface area contributed by atoms with Crippen molar-refractivity contribution in [3.63, 3.8) is 0 Å². The fourth-order valence-electron chi connectivity index (χ4n) is 1.52. The lowest BCUT2D eigenvalue weighted by Crippen LogP contribution is -2.39. The van der Waals surface area contributed by atoms with Crippen LogP contribution in [0.3, 0.4) is 0 Å². The molecule has 3 atom stereocenters. The molecule has 1 N–H and O–H groups in total. The van der Waals surface area contributed by atoms with E-state index in [4.69, 9.17) is 10.00 Å². The summed E-state index contributed by atoms with van der Waals surface area (Å²) < 4.78 is 5.41. The third-order valence-electron chi connectivity index (χ3n) is 2.31. The van der Waals surface area contributed by atoms with Crippen LogP contribution in [0.5, 0.6) is 0 Å². The number of nitrogens with zero attached hydrogens (tertiary/aromatic N) is 1. The van der Waals surface area contributed by atoms with E-state index >= 15 is 0 Å². The topological polar surface area (TPSA) is 62.1 Å². The molecule has 1 saturated heterocycles. The highest BCUT2D eigenvalue weighted by atomic mass is 16.5. The van der Waals surface area contributed by atoms with Gasteiger partial charge < -0.3 is 10.1 Å². The van der Waals surface area contributed by atoms with Crippen molar-refractivity contribution in [3.8, 4) is 6.07 Å². The van der Waals surface area contributed by atoms with Gasteiger partial charge in [0.1, 0.15) is 6.10 Å². The van der Waals surface area contributed by atoms with E-state index in [1.54, 1.807) is 0 Å². The molecule has 4 heteroatoms. The number of ether oxygens (including phenoxy) is 1. The van der Waals surface area contributed by atoms with Gasteiger partial charge in [0.15, 0.2) is 0 Å². The molecule has 0 radical (unpaired) electrons. The Morgan fingerprint density at radius 3 is 2.93 bits per heavy atom. The predicted octanol–water partition coefficient (Wildman–Crippen LogP) is 0.972. The van der Waals surface area contributed by atoms with E-state index in [-0.39, 0.29) is 24.2 Å². The van der Waals surface area contributed by atoms with Crippen LogP contribution < -0.4 is 5.32 Å². The Morgan fingerprint density at radius 1 is 1.71 bits per heavy atom. The second-order valence-corrected chi connectivity index (χ2v) is 3.78. The van der Waals surface area contributed by atoms with Gasteiger partial charge in [-0.2, -0.15) is 5.26 Å². The first-order chi connectivity index (χ1) is 6.63. The molecule has 1 aliphatic heterocycles. The molecule has 1 rings (SSSR count). The van der Waals surface area contributed by atoms with Gasteiger partial charge >= 0.3 is 0 Å². The molecule has 1 heterocycles. The normalized spacial score (nSPS) is 28.1. The van der Waals surface area contributed by atoms with E-state index < -0.39 is 0 Å². The summed E-state index contributed by atoms with van der Waals surface area (Å²) in [5, 5.41) is 11.2. The Balaban J connectivity index is 2.32. The van der Waals surface area contributed by atoms with Crippen molar-refractivity contribution in [1.82, 2.24) is 5.32 Å². The first kappa shape index (κ1) is 11.0. The fraction of sp³-hybridized carbons (Fsp3) is 0.800. The maximum absolute atomic E-state index is 11.5. The van der Waals surface area contributed by atoms with Gasteiger partial charge in [0.2, 0.25) is 5.91 Å². The van der Waals surface area contributed by atoms with Crippen molar-refractivity contribution in [2.75, 3.05) is 0 Å². The smallest absolute Gasteiger partial charge is 0.249 e. The van der Waals surface area contributed by atoms with Crippen LogP contribution >= 0.6 is 0 Å². The van der Waals surface area contributed by atoms with Crippen LogP contribution in [0.25, 0.3) is 0 Å². The minimum absolute atomic E-state index is 0.0860. The Morgan fingerprint density at radius 2 is 2.43 bits per heavy atom. The van der Waals surface area contributed by atoms with Crippen LogP contribution in [0.2, 0.25) is 0 Å². The molecule has 0 aromatic carbocycles. The average molecular weight is 196 g/mol. The van der Waals surface area contributed by atoms with E-state index in [0.29, 0.717) is 6.42 Å². The molecular weight excluding hydrogens is 180 g/mol. The molecule has 1 aliphatic rings. The van der Waals surface area contributed by atoms with Crippen LogP contribution in [0.1, 0.15) is 33.1 Å². The molecule has 1 amide bonds. The molecule has 0 spiro atoms. The number of carbonyl (C=O) groups excluding carboxylic acids is 1. The molecule has 0 saturated carbocycles. The highest BCUT2D eigenvalue weighted by Crippen LogP contribution is 2.19. The third-order valence-corrected chi connectivity index (χ3v) is 2.31. The van der Waals surface area contributed by atoms with Crippen molar-refractivity contribution in [2.24, 2.45) is 0 Å². The maximum Gasteiger partial charge on any atom is 0.249 e. The summed E-state index contributed by atoms with van der Waals surface area (Å²) >= 11 is 0. The van der Waals surface area contributed by atoms with E-state index in [1.807, 2.05) is 19.9 Å². The number of hydrogen-bond donors (Lipinski definition) is 1. The summed E-state index contributed by atoms with van der Waals surface area (Å²) in [5.41, 5.74) is 0. The number of hydrogen-bond acceptors (Lipinski definition) is 3. The first-order valence-electron chi connectivity index (χ1n) is 4.96. The van der Waals surface area contributed by atoms with Crippen molar-refractivity contribution in [2.45, 2.75) is 51.4 Å². The molecule has 0 aromatic heterocycles. The van der Waals surface area contributed by atoms with E-state index in [1.165, 1.54) is 0 Å². The van der Waals surface area contributed by atoms with Crippen molar-refractivity contribution >= 4 is 5.91 Å². The zero-order valence-corrected chi connectivity index (χ0v) is 8.62. The van der Waals surface area contributed by atoms with Gasteiger partial charge in [-0.05, 0) is 26.7 Å². The van der Waals surface area contributed by atoms with Gasteiger partial charge in [-0.1, -0.05) is 0 Å². The minimum Gasteiger partial charge on any atom is -0.365 e. The summed E-state index contributed by atoms with van der Waals surface area (Å²) in [6, 6.07) is 1.93. The summed E-state index contributed by atoms with van der Waals surface area (Å²) in [5.74, 6) is -0.0860. The second kappa shape index (κ2) is 4.97. The maximum atomic E-state index is 11.5. The highest BCUT2D eigenvalue weighted by Gasteiger charge is 2.28. The summed E-state index contributed by atoms with van der Waals surface area (Å²) in [4.78, 5) is 11.5. The molecule has 4 nitrogen and oxygen atoms in total. The van der Waals surface area contributed by atoms with Gasteiger partial charge in [0.25, 0.3) is 0 Å². The van der Waals surface area contributed by atoms with Gasteiger partial charge in [0, 0.05) is 6.04 Å². The predicted molar refractivity (Wildman–Crippen MR) is 51.4 cm³/mol. The summed E-state index contributed by atoms with van der Waals surface area (Å²) in [7, 11) is 0. The van der Waals surface area contributed by atoms with Gasteiger partial charge in [0.05, 0.1) is 18.6 Å². The monoisotopic (exact) mass is 196 g/mol. The van der Waals surface area contributed by atoms with E-state index in [2.05, 4.69) is 5.32 Å². The standard InChI is InChI=1S/C10H16N2O2/c1-7(5-6-11)12-10(13)9-4-3-8(2)14-9/h7-9H,3-5H2,1-2H3,(H,12,13). The Labute approximate surface area is 84.2 Å². The quantitative estimate of drug-likeness (QED) is 0.731. The summed E-state index contributed by atoms with van der Waals surface area (Å²) in [6.45, 7) is 3.78. The number of carbonyl (C=O) groups is 1. The molecule has 3 unspecified atom stereocenters. The van der Waals surface area contributed by atoms with Gasteiger partial charge in [-0.3, -0.25) is 4.79 Å². The Bertz CT molecular complexity index is 247. The SMILES string of the molecule is CC(CC#N)NC(=O)C1CCC(C)O1. The zero-order chi connectivity index (χ0) is 10.6. The number of amides is 1. The largest absolute Gasteiger partial charge is 0.365 e. The molecule has 0 aliphatic carbocycles. The Hall–Kier alpha value is -1.08. The van der Waals surface area contributed by atoms with Crippen LogP contribution in [-0.2, 0) is 9.53 Å². The molecular formula is C10H16N2O2. The van der Waals surface area contributed by atoms with Gasteiger partial charge in [-0.15, -0.1) is 0 Å². The molecule has 1 fully saturated rings. The first-order valence-corrected chi connectivity index (χ1v) is 4.96. The molecule has 0 bridgehead atoms. The van der Waals surface area contributed by atoms with Crippen LogP contribution in [0.4, 0.5) is 0 Å². The van der Waals surface area contributed by atoms with E-state index in [9.17, 15) is 4.79 Å². The van der Waals surface area contributed by atoms with Crippen LogP contribution in [0, 0.1) is 11.3 Å². The summed E-state index contributed by atoms with van der Waals surface area (Å²) in [6.07, 6.45) is 1.92. The lowest BCUT2D eigenvalue weighted by Gasteiger charge is -2.14. The third kappa shape index (κ3) is 3.00. The average Bonchev–Trinajstić information content (AvgIpc) is 2.52. The Kier molecular flexibility index (Phi) is 3.90. The number of nitrogens with one attached hydrogen (secondary N) is 1. The fourth-order valence-corrected chi connectivity index (χ4v) is 1.52.